The van der Waals surface area contributed by atoms with E-state index in [-0.39, 0.29) is 28.2 Å². The Balaban J connectivity index is 2.36. The minimum Gasteiger partial charge on any atom is -0.494 e. The van der Waals surface area contributed by atoms with Gasteiger partial charge in [0.15, 0.2) is 4.77 Å². The molecular weight excluding hydrogens is 340 g/mol. The number of nitrogens with zero attached hydrogens (tertiary/aromatic N) is 2. The fourth-order valence-corrected chi connectivity index (χ4v) is 2.59. The molecule has 0 radical (unpaired) electrons. The van der Waals surface area contributed by atoms with Crippen molar-refractivity contribution in [2.24, 2.45) is 4.99 Å². The van der Waals surface area contributed by atoms with Gasteiger partial charge in [-0.15, -0.1) is 0 Å². The molecule has 0 saturated carbocycles. The lowest BCUT2D eigenvalue weighted by molar-refractivity contribution is -0.114. The molecule has 7 nitrogen and oxygen atoms in total. The molecule has 0 spiro atoms. The Morgan fingerprint density at radius 3 is 2.64 bits per heavy atom. The molecular formula is C17H20N4O3S. The lowest BCUT2D eigenvalue weighted by atomic mass is 10.2. The third kappa shape index (κ3) is 4.42. The van der Waals surface area contributed by atoms with Crippen LogP contribution in [0.3, 0.4) is 0 Å². The Morgan fingerprint density at radius 2 is 2.08 bits per heavy atom. The quantitative estimate of drug-likeness (QED) is 0.563. The van der Waals surface area contributed by atoms with Crippen molar-refractivity contribution in [2.45, 2.75) is 33.2 Å². The summed E-state index contributed by atoms with van der Waals surface area (Å²) in [4.78, 5) is 29.9. The van der Waals surface area contributed by atoms with Gasteiger partial charge in [0.1, 0.15) is 5.56 Å². The highest BCUT2D eigenvalue weighted by molar-refractivity contribution is 7.71. The molecule has 0 bridgehead atoms. The van der Waals surface area contributed by atoms with Crippen LogP contribution in [0.15, 0.2) is 34.1 Å². The number of H-pyrrole nitrogens is 1. The van der Waals surface area contributed by atoms with E-state index in [2.05, 4.69) is 15.3 Å². The van der Waals surface area contributed by atoms with Gasteiger partial charge < -0.3 is 10.4 Å². The van der Waals surface area contributed by atoms with Crippen molar-refractivity contribution in [3.05, 3.63) is 45.0 Å². The first-order valence-corrected chi connectivity index (χ1v) is 8.23. The summed E-state index contributed by atoms with van der Waals surface area (Å²) in [7, 11) is 0. The van der Waals surface area contributed by atoms with Crippen molar-refractivity contribution >= 4 is 35.7 Å². The molecule has 0 aliphatic heterocycles. The van der Waals surface area contributed by atoms with Crippen LogP contribution in [0, 0.1) is 4.77 Å². The van der Waals surface area contributed by atoms with E-state index < -0.39 is 5.56 Å². The molecule has 1 aromatic heterocycles. The average molecular weight is 360 g/mol. The Kier molecular flexibility index (Phi) is 5.87. The zero-order valence-corrected chi connectivity index (χ0v) is 15.1. The number of nitrogens with one attached hydrogen (secondary N) is 2. The first kappa shape index (κ1) is 18.6. The molecule has 2 aromatic rings. The summed E-state index contributed by atoms with van der Waals surface area (Å²) in [6, 6.07) is 6.72. The number of hydrogen-bond acceptors (Lipinski definition) is 5. The zero-order chi connectivity index (χ0) is 18.6. The van der Waals surface area contributed by atoms with Crippen LogP contribution in [0.2, 0.25) is 0 Å². The highest BCUT2D eigenvalue weighted by Crippen LogP contribution is 2.21. The standard InChI is InChI=1S/C17H20N4O3S/c1-4-10(2)21-16(24)14(15(23)20-17(21)25)9-18-12-5-7-13(8-6-12)19-11(3)22/h5-10,24H,4H2,1-3H3,(H,19,22)(H,20,23,25)/t10-/m1/s1. The van der Waals surface area contributed by atoms with Gasteiger partial charge in [-0.2, -0.15) is 0 Å². The number of rotatable bonds is 5. The lowest BCUT2D eigenvalue weighted by Gasteiger charge is -2.16. The summed E-state index contributed by atoms with van der Waals surface area (Å²) in [5.74, 6) is -0.368. The van der Waals surface area contributed by atoms with Gasteiger partial charge in [-0.1, -0.05) is 6.92 Å². The normalized spacial score (nSPS) is 12.3. The third-order valence-corrected chi connectivity index (χ3v) is 4.01. The fourth-order valence-electron chi connectivity index (χ4n) is 2.23. The number of aromatic amines is 1. The van der Waals surface area contributed by atoms with Crippen LogP contribution in [0.4, 0.5) is 11.4 Å². The second-order valence-corrected chi connectivity index (χ2v) is 6.00. The number of carbonyl (C=O) groups is 1. The van der Waals surface area contributed by atoms with Crippen LogP contribution in [-0.4, -0.2) is 26.8 Å². The van der Waals surface area contributed by atoms with E-state index in [9.17, 15) is 14.7 Å². The first-order valence-electron chi connectivity index (χ1n) is 7.83. The average Bonchev–Trinajstić information content (AvgIpc) is 2.55. The number of carbonyl (C=O) groups excluding carboxylic acids is 1. The van der Waals surface area contributed by atoms with Crippen molar-refractivity contribution in [2.75, 3.05) is 5.32 Å². The molecule has 3 N–H and O–H groups in total. The summed E-state index contributed by atoms with van der Waals surface area (Å²) in [6.07, 6.45) is 2.05. The van der Waals surface area contributed by atoms with Gasteiger partial charge in [0.05, 0.1) is 5.69 Å². The molecule has 0 aliphatic rings. The van der Waals surface area contributed by atoms with E-state index in [1.54, 1.807) is 24.3 Å². The molecule has 1 aromatic carbocycles. The predicted octanol–water partition coefficient (Wildman–Crippen LogP) is 3.29. The molecule has 0 unspecified atom stereocenters. The van der Waals surface area contributed by atoms with Gasteiger partial charge in [-0.05, 0) is 49.8 Å². The number of amides is 1. The molecule has 0 fully saturated rings. The number of aliphatic imine (C=N–C) groups is 1. The number of anilines is 1. The van der Waals surface area contributed by atoms with Crippen LogP contribution in [0.5, 0.6) is 5.88 Å². The monoisotopic (exact) mass is 360 g/mol. The highest BCUT2D eigenvalue weighted by Gasteiger charge is 2.14. The van der Waals surface area contributed by atoms with Gasteiger partial charge in [0.2, 0.25) is 11.8 Å². The lowest BCUT2D eigenvalue weighted by Crippen LogP contribution is -2.20. The Bertz CT molecular complexity index is 913. The van der Waals surface area contributed by atoms with Crippen molar-refractivity contribution in [3.63, 3.8) is 0 Å². The summed E-state index contributed by atoms with van der Waals surface area (Å²) in [5, 5.41) is 13.1. The van der Waals surface area contributed by atoms with Gasteiger partial charge >= 0.3 is 0 Å². The fraction of sp³-hybridized carbons (Fsp3) is 0.294. The van der Waals surface area contributed by atoms with Crippen LogP contribution < -0.4 is 10.9 Å². The van der Waals surface area contributed by atoms with Crippen molar-refractivity contribution in [1.29, 1.82) is 0 Å². The maximum Gasteiger partial charge on any atom is 0.264 e. The molecule has 1 amide bonds. The second kappa shape index (κ2) is 7.89. The molecule has 0 aliphatic carbocycles. The molecule has 0 saturated heterocycles. The third-order valence-electron chi connectivity index (χ3n) is 3.71. The van der Waals surface area contributed by atoms with E-state index in [1.165, 1.54) is 17.7 Å². The summed E-state index contributed by atoms with van der Waals surface area (Å²) < 4.78 is 1.67. The van der Waals surface area contributed by atoms with Crippen molar-refractivity contribution < 1.29 is 9.90 Å². The van der Waals surface area contributed by atoms with Gasteiger partial charge in [-0.3, -0.25) is 24.1 Å². The van der Waals surface area contributed by atoms with E-state index in [1.807, 2.05) is 13.8 Å². The maximum absolute atomic E-state index is 12.1. The van der Waals surface area contributed by atoms with Crippen LogP contribution in [0.1, 0.15) is 38.8 Å². The van der Waals surface area contributed by atoms with Crippen molar-refractivity contribution in [1.82, 2.24) is 9.55 Å². The summed E-state index contributed by atoms with van der Waals surface area (Å²) in [6.45, 7) is 5.29. The topological polar surface area (TPSA) is 99.5 Å². The molecule has 1 atom stereocenters. The largest absolute Gasteiger partial charge is 0.494 e. The molecule has 25 heavy (non-hydrogen) atoms. The smallest absolute Gasteiger partial charge is 0.264 e. The SMILES string of the molecule is CC[C@@H](C)n1c(O)c(C=Nc2ccc(NC(C)=O)cc2)c(=O)[nH]c1=S. The van der Waals surface area contributed by atoms with Gasteiger partial charge in [0, 0.05) is 24.9 Å². The number of hydrogen-bond donors (Lipinski definition) is 3. The molecule has 1 heterocycles. The van der Waals surface area contributed by atoms with Crippen LogP contribution in [-0.2, 0) is 4.79 Å². The summed E-state index contributed by atoms with van der Waals surface area (Å²) >= 11 is 5.12. The van der Waals surface area contributed by atoms with E-state index in [0.29, 0.717) is 11.4 Å². The number of aromatic hydroxyl groups is 1. The Morgan fingerprint density at radius 1 is 1.44 bits per heavy atom. The first-order chi connectivity index (χ1) is 11.8. The number of aromatic nitrogens is 2. The summed E-state index contributed by atoms with van der Waals surface area (Å²) in [5.41, 5.74) is 0.767. The maximum atomic E-state index is 12.1. The molecule has 2 rings (SSSR count). The molecule has 132 valence electrons. The zero-order valence-electron chi connectivity index (χ0n) is 14.2. The number of benzene rings is 1. The van der Waals surface area contributed by atoms with Crippen LogP contribution >= 0.6 is 12.2 Å². The Hall–Kier alpha value is -2.74. The van der Waals surface area contributed by atoms with Gasteiger partial charge in [0.25, 0.3) is 5.56 Å². The van der Waals surface area contributed by atoms with E-state index in [0.717, 1.165) is 6.42 Å². The van der Waals surface area contributed by atoms with Crippen molar-refractivity contribution in [3.8, 4) is 5.88 Å². The second-order valence-electron chi connectivity index (χ2n) is 5.61. The minimum atomic E-state index is -0.499. The highest BCUT2D eigenvalue weighted by atomic mass is 32.1. The van der Waals surface area contributed by atoms with Crippen LogP contribution in [0.25, 0.3) is 0 Å². The molecule has 8 heteroatoms. The Labute approximate surface area is 150 Å². The van der Waals surface area contributed by atoms with Gasteiger partial charge in [-0.25, -0.2) is 0 Å². The predicted molar refractivity (Wildman–Crippen MR) is 101 cm³/mol. The minimum absolute atomic E-state index is 0.0415. The van der Waals surface area contributed by atoms with E-state index in [4.69, 9.17) is 12.2 Å². The van der Waals surface area contributed by atoms with E-state index >= 15 is 0 Å².